The predicted molar refractivity (Wildman–Crippen MR) is 67.7 cm³/mol. The summed E-state index contributed by atoms with van der Waals surface area (Å²) in [7, 11) is -1.86. The van der Waals surface area contributed by atoms with Gasteiger partial charge in [-0.3, -0.25) is 9.59 Å². The zero-order chi connectivity index (χ0) is 13.3. The number of nitrogens with two attached hydrogens (primary N) is 1. The molecule has 0 atom stereocenters. The second kappa shape index (κ2) is 4.60. The highest BCUT2D eigenvalue weighted by Gasteiger charge is 2.24. The maximum Gasteiger partial charge on any atom is 0.489 e. The Balaban J connectivity index is 2.96. The van der Waals surface area contributed by atoms with Crippen LogP contribution in [0.5, 0.6) is 0 Å². The predicted octanol–water partition coefficient (Wildman–Crippen LogP) is -0.569. The fraction of sp³-hybridized carbons (Fsp3) is 0. The molecule has 18 heavy (non-hydrogen) atoms. The van der Waals surface area contributed by atoms with E-state index in [4.69, 9.17) is 5.73 Å². The standard InChI is InChI=1S/C12H10BNO4/c14-12(16)11-9(6-15)8-4-2-1-3-7(8)5-10(11)13(17)18/h1-6,17-18H,(H2,14,16). The normalized spacial score (nSPS) is 10.3. The first kappa shape index (κ1) is 12.3. The molecule has 0 aromatic heterocycles. The van der Waals surface area contributed by atoms with Crippen LogP contribution in [0.25, 0.3) is 10.8 Å². The van der Waals surface area contributed by atoms with Crippen LogP contribution in [0.4, 0.5) is 0 Å². The van der Waals surface area contributed by atoms with Crippen molar-refractivity contribution in [2.45, 2.75) is 0 Å². The molecular formula is C12H10BNO4. The van der Waals surface area contributed by atoms with Crippen LogP contribution < -0.4 is 11.2 Å². The number of carbonyl (C=O) groups is 2. The lowest BCUT2D eigenvalue weighted by molar-refractivity contribution is 0.0994. The van der Waals surface area contributed by atoms with Gasteiger partial charge in [-0.25, -0.2) is 0 Å². The van der Waals surface area contributed by atoms with Gasteiger partial charge in [0.2, 0.25) is 5.91 Å². The Morgan fingerprint density at radius 2 is 1.94 bits per heavy atom. The average Bonchev–Trinajstić information content (AvgIpc) is 2.35. The number of primary amides is 1. The van der Waals surface area contributed by atoms with Crippen molar-refractivity contribution >= 4 is 35.5 Å². The van der Waals surface area contributed by atoms with Crippen LogP contribution in [-0.4, -0.2) is 29.4 Å². The topological polar surface area (TPSA) is 101 Å². The fourth-order valence-electron chi connectivity index (χ4n) is 2.00. The molecule has 2 rings (SSSR count). The summed E-state index contributed by atoms with van der Waals surface area (Å²) in [5.41, 5.74) is 5.05. The molecule has 0 heterocycles. The third kappa shape index (κ3) is 1.87. The summed E-state index contributed by atoms with van der Waals surface area (Å²) in [5.74, 6) is -0.869. The summed E-state index contributed by atoms with van der Waals surface area (Å²) < 4.78 is 0. The van der Waals surface area contributed by atoms with E-state index < -0.39 is 13.0 Å². The third-order valence-corrected chi connectivity index (χ3v) is 2.76. The highest BCUT2D eigenvalue weighted by molar-refractivity contribution is 6.61. The van der Waals surface area contributed by atoms with Crippen molar-refractivity contribution in [3.8, 4) is 0 Å². The lowest BCUT2D eigenvalue weighted by atomic mass is 9.74. The Bertz CT molecular complexity index is 639. The molecule has 0 bridgehead atoms. The van der Waals surface area contributed by atoms with Gasteiger partial charge in [0, 0.05) is 5.56 Å². The molecule has 0 spiro atoms. The number of hydrogen-bond donors (Lipinski definition) is 3. The van der Waals surface area contributed by atoms with Gasteiger partial charge >= 0.3 is 7.12 Å². The Kier molecular flexibility index (Phi) is 3.14. The summed E-state index contributed by atoms with van der Waals surface area (Å²) in [6.45, 7) is 0. The number of amides is 1. The van der Waals surface area contributed by atoms with Crippen molar-refractivity contribution in [1.82, 2.24) is 0 Å². The van der Waals surface area contributed by atoms with E-state index in [2.05, 4.69) is 0 Å². The van der Waals surface area contributed by atoms with Crippen LogP contribution in [0, 0.1) is 0 Å². The zero-order valence-electron chi connectivity index (χ0n) is 9.33. The van der Waals surface area contributed by atoms with E-state index in [0.717, 1.165) is 0 Å². The number of aldehydes is 1. The molecule has 0 radical (unpaired) electrons. The second-order valence-electron chi connectivity index (χ2n) is 3.83. The number of hydrogen-bond acceptors (Lipinski definition) is 4. The van der Waals surface area contributed by atoms with E-state index in [0.29, 0.717) is 17.1 Å². The van der Waals surface area contributed by atoms with E-state index in [-0.39, 0.29) is 16.6 Å². The van der Waals surface area contributed by atoms with Crippen LogP contribution in [0.3, 0.4) is 0 Å². The van der Waals surface area contributed by atoms with Crippen molar-refractivity contribution in [3.63, 3.8) is 0 Å². The molecule has 0 aliphatic carbocycles. The van der Waals surface area contributed by atoms with Crippen LogP contribution in [0.2, 0.25) is 0 Å². The second-order valence-corrected chi connectivity index (χ2v) is 3.83. The number of carbonyl (C=O) groups excluding carboxylic acids is 2. The molecule has 2 aromatic rings. The van der Waals surface area contributed by atoms with Crippen molar-refractivity contribution < 1.29 is 19.6 Å². The molecule has 90 valence electrons. The van der Waals surface area contributed by atoms with Gasteiger partial charge in [0.15, 0.2) is 6.29 Å². The summed E-state index contributed by atoms with van der Waals surface area (Å²) in [5, 5.41) is 19.7. The molecule has 0 fully saturated rings. The smallest absolute Gasteiger partial charge is 0.423 e. The highest BCUT2D eigenvalue weighted by Crippen LogP contribution is 2.20. The average molecular weight is 243 g/mol. The van der Waals surface area contributed by atoms with Crippen LogP contribution in [0.15, 0.2) is 30.3 Å². The first-order valence-corrected chi connectivity index (χ1v) is 5.23. The van der Waals surface area contributed by atoms with Gasteiger partial charge in [0.1, 0.15) is 0 Å². The van der Waals surface area contributed by atoms with E-state index in [1.165, 1.54) is 6.07 Å². The lowest BCUT2D eigenvalue weighted by Gasteiger charge is -2.11. The quantitative estimate of drug-likeness (QED) is 0.496. The van der Waals surface area contributed by atoms with Gasteiger partial charge in [-0.15, -0.1) is 0 Å². The molecular weight excluding hydrogens is 233 g/mol. The molecule has 6 heteroatoms. The summed E-state index contributed by atoms with van der Waals surface area (Å²) in [4.78, 5) is 22.5. The fourth-order valence-corrected chi connectivity index (χ4v) is 2.00. The molecule has 1 amide bonds. The highest BCUT2D eigenvalue weighted by atomic mass is 16.4. The minimum atomic E-state index is -1.86. The van der Waals surface area contributed by atoms with E-state index in [1.54, 1.807) is 24.3 Å². The molecule has 0 aliphatic heterocycles. The van der Waals surface area contributed by atoms with E-state index in [9.17, 15) is 19.6 Å². The number of fused-ring (bicyclic) bond motifs is 1. The molecule has 0 saturated heterocycles. The summed E-state index contributed by atoms with van der Waals surface area (Å²) in [6.07, 6.45) is 0.494. The third-order valence-electron chi connectivity index (χ3n) is 2.76. The van der Waals surface area contributed by atoms with Crippen molar-refractivity contribution in [3.05, 3.63) is 41.5 Å². The van der Waals surface area contributed by atoms with E-state index in [1.807, 2.05) is 0 Å². The first-order chi connectivity index (χ1) is 8.56. The molecule has 4 N–H and O–H groups in total. The summed E-state index contributed by atoms with van der Waals surface area (Å²) >= 11 is 0. The largest absolute Gasteiger partial charge is 0.489 e. The molecule has 2 aromatic carbocycles. The first-order valence-electron chi connectivity index (χ1n) is 5.23. The number of rotatable bonds is 3. The van der Waals surface area contributed by atoms with Gasteiger partial charge in [0.25, 0.3) is 0 Å². The van der Waals surface area contributed by atoms with E-state index >= 15 is 0 Å². The van der Waals surface area contributed by atoms with Crippen molar-refractivity contribution in [2.24, 2.45) is 5.73 Å². The van der Waals surface area contributed by atoms with Crippen LogP contribution >= 0.6 is 0 Å². The number of benzene rings is 2. The monoisotopic (exact) mass is 243 g/mol. The van der Waals surface area contributed by atoms with Gasteiger partial charge < -0.3 is 15.8 Å². The van der Waals surface area contributed by atoms with Gasteiger partial charge in [0.05, 0.1) is 5.56 Å². The van der Waals surface area contributed by atoms with Gasteiger partial charge in [-0.2, -0.15) is 0 Å². The molecule has 0 aliphatic rings. The molecule has 0 saturated carbocycles. The van der Waals surface area contributed by atoms with Crippen LogP contribution in [0.1, 0.15) is 20.7 Å². The van der Waals surface area contributed by atoms with Crippen LogP contribution in [-0.2, 0) is 0 Å². The Morgan fingerprint density at radius 3 is 2.50 bits per heavy atom. The van der Waals surface area contributed by atoms with Crippen molar-refractivity contribution in [1.29, 1.82) is 0 Å². The molecule has 5 nitrogen and oxygen atoms in total. The lowest BCUT2D eigenvalue weighted by Crippen LogP contribution is -2.37. The maximum atomic E-state index is 11.4. The Hall–Kier alpha value is -2.18. The minimum absolute atomic E-state index is 0.0664. The molecule has 0 unspecified atom stereocenters. The van der Waals surface area contributed by atoms with Gasteiger partial charge in [-0.05, 0) is 16.2 Å². The maximum absolute atomic E-state index is 11.4. The van der Waals surface area contributed by atoms with Crippen molar-refractivity contribution in [2.75, 3.05) is 0 Å². The Labute approximate surface area is 103 Å². The zero-order valence-corrected chi connectivity index (χ0v) is 9.33. The SMILES string of the molecule is NC(=O)c1c(B(O)O)cc2ccccc2c1C=O. The minimum Gasteiger partial charge on any atom is -0.423 e. The van der Waals surface area contributed by atoms with Gasteiger partial charge in [-0.1, -0.05) is 30.3 Å². The summed E-state index contributed by atoms with van der Waals surface area (Å²) in [6, 6.07) is 8.27. The Morgan fingerprint density at radius 1 is 1.28 bits per heavy atom.